The minimum absolute atomic E-state index is 0.0425. The standard InChI is InChI=1S/C24H15BrCl4F2N2O2/c25-12-5-11(6-13(26)8-12)19-20(24(19,28)29)23(35)33-14-2-3-16(27)15(9-14)18(34)7-10-1-4-17(30)22(32)21(10)31/h1-6,8-9,19-20H,7,32H2,(H,33,35). The van der Waals surface area contributed by atoms with E-state index in [2.05, 4.69) is 21.2 Å². The number of nitrogens with one attached hydrogen (secondary N) is 1. The van der Waals surface area contributed by atoms with Crippen LogP contribution in [0.4, 0.5) is 20.2 Å². The van der Waals surface area contributed by atoms with Gasteiger partial charge in [0.15, 0.2) is 11.6 Å². The van der Waals surface area contributed by atoms with Crippen molar-refractivity contribution in [3.05, 3.63) is 91.4 Å². The molecule has 11 heteroatoms. The number of rotatable bonds is 6. The van der Waals surface area contributed by atoms with E-state index in [1.807, 2.05) is 0 Å². The fraction of sp³-hybridized carbons (Fsp3) is 0.167. The Hall–Kier alpha value is -1.90. The SMILES string of the molecule is Nc1c(F)ccc(CC(=O)c2cc(NC(=O)C3C(c4cc(Cl)cc(Br)c4)C3(Cl)Cl)ccc2Cl)c1F. The molecule has 3 aromatic rings. The first-order valence-electron chi connectivity index (χ1n) is 10.1. The number of nitrogens with two attached hydrogens (primary N) is 1. The number of carbonyl (C=O) groups is 2. The lowest BCUT2D eigenvalue weighted by Gasteiger charge is -2.10. The van der Waals surface area contributed by atoms with Crippen molar-refractivity contribution < 1.29 is 18.4 Å². The van der Waals surface area contributed by atoms with Crippen molar-refractivity contribution in [2.24, 2.45) is 5.92 Å². The zero-order valence-corrected chi connectivity index (χ0v) is 22.1. The molecule has 3 N–H and O–H groups in total. The molecule has 1 fully saturated rings. The molecule has 0 bridgehead atoms. The summed E-state index contributed by atoms with van der Waals surface area (Å²) in [6.45, 7) is 0. The Morgan fingerprint density at radius 2 is 1.77 bits per heavy atom. The highest BCUT2D eigenvalue weighted by molar-refractivity contribution is 9.10. The zero-order chi connectivity index (χ0) is 25.7. The first-order chi connectivity index (χ1) is 16.4. The molecule has 3 aromatic carbocycles. The van der Waals surface area contributed by atoms with Crippen molar-refractivity contribution in [3.8, 4) is 0 Å². The highest BCUT2D eigenvalue weighted by Crippen LogP contribution is 2.65. The molecule has 1 saturated carbocycles. The van der Waals surface area contributed by atoms with E-state index in [-0.39, 0.29) is 21.8 Å². The number of carbonyl (C=O) groups excluding carboxylic acids is 2. The topological polar surface area (TPSA) is 72.2 Å². The average molecular weight is 623 g/mol. The summed E-state index contributed by atoms with van der Waals surface area (Å²) in [7, 11) is 0. The third-order valence-electron chi connectivity index (χ3n) is 5.67. The van der Waals surface area contributed by atoms with Gasteiger partial charge in [0.1, 0.15) is 15.8 Å². The van der Waals surface area contributed by atoms with Gasteiger partial charge < -0.3 is 11.1 Å². The van der Waals surface area contributed by atoms with Gasteiger partial charge in [-0.3, -0.25) is 9.59 Å². The number of anilines is 2. The maximum Gasteiger partial charge on any atom is 0.231 e. The largest absolute Gasteiger partial charge is 0.394 e. The van der Waals surface area contributed by atoms with Gasteiger partial charge in [-0.15, -0.1) is 23.2 Å². The summed E-state index contributed by atoms with van der Waals surface area (Å²) in [6.07, 6.45) is -0.408. The molecule has 2 atom stereocenters. The van der Waals surface area contributed by atoms with Gasteiger partial charge in [0.05, 0.1) is 10.9 Å². The van der Waals surface area contributed by atoms with Gasteiger partial charge in [0, 0.05) is 33.1 Å². The first kappa shape index (κ1) is 26.2. The molecule has 0 heterocycles. The predicted octanol–water partition coefficient (Wildman–Crippen LogP) is 7.57. The summed E-state index contributed by atoms with van der Waals surface area (Å²) < 4.78 is 27.0. The fourth-order valence-corrected chi connectivity index (χ4v) is 5.82. The monoisotopic (exact) mass is 620 g/mol. The number of nitrogen functional groups attached to an aromatic ring is 1. The number of amides is 1. The van der Waals surface area contributed by atoms with E-state index < -0.39 is 51.6 Å². The second-order valence-corrected chi connectivity index (χ2v) is 11.3. The van der Waals surface area contributed by atoms with E-state index in [0.717, 1.165) is 16.6 Å². The molecular formula is C24H15BrCl4F2N2O2. The van der Waals surface area contributed by atoms with Gasteiger partial charge in [-0.05, 0) is 53.6 Å². The van der Waals surface area contributed by atoms with E-state index in [1.54, 1.807) is 18.2 Å². The maximum absolute atomic E-state index is 14.2. The van der Waals surface area contributed by atoms with Gasteiger partial charge >= 0.3 is 0 Å². The molecule has 2 unspecified atom stereocenters. The number of alkyl halides is 2. The van der Waals surface area contributed by atoms with Gasteiger partial charge in [0.2, 0.25) is 5.91 Å². The van der Waals surface area contributed by atoms with Crippen LogP contribution in [-0.2, 0) is 11.2 Å². The summed E-state index contributed by atoms with van der Waals surface area (Å²) in [6, 6.07) is 11.6. The van der Waals surface area contributed by atoms with Gasteiger partial charge in [-0.1, -0.05) is 45.2 Å². The summed E-state index contributed by atoms with van der Waals surface area (Å²) in [4.78, 5) is 25.8. The highest BCUT2D eigenvalue weighted by atomic mass is 79.9. The number of Topliss-reactive ketones (excluding diaryl/α,β-unsaturated/α-hetero) is 1. The lowest BCUT2D eigenvalue weighted by molar-refractivity contribution is -0.117. The Morgan fingerprint density at radius 3 is 2.46 bits per heavy atom. The van der Waals surface area contributed by atoms with Gasteiger partial charge in [-0.2, -0.15) is 0 Å². The molecule has 1 aliphatic carbocycles. The van der Waals surface area contributed by atoms with Crippen LogP contribution in [0.15, 0.2) is 53.0 Å². The Morgan fingerprint density at radius 1 is 1.06 bits per heavy atom. The van der Waals surface area contributed by atoms with Crippen LogP contribution in [-0.4, -0.2) is 16.0 Å². The number of hydrogen-bond donors (Lipinski definition) is 2. The molecule has 35 heavy (non-hydrogen) atoms. The molecule has 0 spiro atoms. The maximum atomic E-state index is 14.2. The Balaban J connectivity index is 1.52. The van der Waals surface area contributed by atoms with E-state index in [9.17, 15) is 18.4 Å². The summed E-state index contributed by atoms with van der Waals surface area (Å²) in [5, 5.41) is 3.26. The molecule has 1 aliphatic rings. The molecule has 0 radical (unpaired) electrons. The van der Waals surface area contributed by atoms with Gasteiger partial charge in [0.25, 0.3) is 0 Å². The summed E-state index contributed by atoms with van der Waals surface area (Å²) in [5.41, 5.74) is 5.62. The molecule has 0 aliphatic heterocycles. The minimum atomic E-state index is -1.35. The van der Waals surface area contributed by atoms with Crippen LogP contribution >= 0.6 is 62.3 Å². The van der Waals surface area contributed by atoms with Crippen molar-refractivity contribution in [3.63, 3.8) is 0 Å². The Bertz CT molecular complexity index is 1350. The Labute approximate surface area is 227 Å². The van der Waals surface area contributed by atoms with Crippen molar-refractivity contribution >= 4 is 85.4 Å². The second-order valence-electron chi connectivity index (χ2n) is 8.05. The quantitative estimate of drug-likeness (QED) is 0.169. The lowest BCUT2D eigenvalue weighted by Crippen LogP contribution is -2.17. The van der Waals surface area contributed by atoms with Crippen LogP contribution in [0.25, 0.3) is 0 Å². The average Bonchev–Trinajstić information content (AvgIpc) is 3.36. The van der Waals surface area contributed by atoms with Crippen LogP contribution in [0.5, 0.6) is 0 Å². The van der Waals surface area contributed by atoms with Crippen molar-refractivity contribution in [1.82, 2.24) is 0 Å². The second kappa shape index (κ2) is 9.87. The molecular weight excluding hydrogens is 608 g/mol. The van der Waals surface area contributed by atoms with Gasteiger partial charge in [-0.25, -0.2) is 8.78 Å². The van der Waals surface area contributed by atoms with Crippen LogP contribution < -0.4 is 11.1 Å². The third kappa shape index (κ3) is 5.30. The molecule has 4 nitrogen and oxygen atoms in total. The first-order valence-corrected chi connectivity index (χ1v) is 12.4. The van der Waals surface area contributed by atoms with E-state index in [4.69, 9.17) is 52.1 Å². The zero-order valence-electron chi connectivity index (χ0n) is 17.5. The van der Waals surface area contributed by atoms with Crippen LogP contribution in [0.1, 0.15) is 27.4 Å². The normalized spacial score (nSPS) is 18.3. The smallest absolute Gasteiger partial charge is 0.231 e. The van der Waals surface area contributed by atoms with Crippen molar-refractivity contribution in [1.29, 1.82) is 0 Å². The third-order valence-corrected chi connectivity index (χ3v) is 7.62. The number of benzene rings is 3. The Kier molecular flexibility index (Phi) is 7.38. The summed E-state index contributed by atoms with van der Waals surface area (Å²) >= 11 is 28.5. The molecule has 0 saturated heterocycles. The van der Waals surface area contributed by atoms with Crippen molar-refractivity contribution in [2.45, 2.75) is 16.7 Å². The van der Waals surface area contributed by atoms with E-state index in [1.165, 1.54) is 18.2 Å². The number of hydrogen-bond acceptors (Lipinski definition) is 3. The van der Waals surface area contributed by atoms with Crippen molar-refractivity contribution in [2.75, 3.05) is 11.1 Å². The fourth-order valence-electron chi connectivity index (χ4n) is 3.88. The predicted molar refractivity (Wildman–Crippen MR) is 139 cm³/mol. The highest BCUT2D eigenvalue weighted by Gasteiger charge is 2.67. The molecule has 182 valence electrons. The summed E-state index contributed by atoms with van der Waals surface area (Å²) in [5.74, 6) is -4.21. The van der Waals surface area contributed by atoms with Crippen LogP contribution in [0.3, 0.4) is 0 Å². The van der Waals surface area contributed by atoms with E-state index in [0.29, 0.717) is 10.6 Å². The number of halogens is 7. The lowest BCUT2D eigenvalue weighted by atomic mass is 10.0. The minimum Gasteiger partial charge on any atom is -0.394 e. The molecule has 1 amide bonds. The number of ketones is 1. The van der Waals surface area contributed by atoms with Crippen LogP contribution in [0.2, 0.25) is 10.0 Å². The molecule has 4 rings (SSSR count). The van der Waals surface area contributed by atoms with E-state index >= 15 is 0 Å². The molecule has 0 aromatic heterocycles. The van der Waals surface area contributed by atoms with Crippen LogP contribution in [0, 0.1) is 17.6 Å².